The van der Waals surface area contributed by atoms with Crippen LogP contribution in [0.3, 0.4) is 0 Å². The van der Waals surface area contributed by atoms with E-state index in [2.05, 4.69) is 20.1 Å². The van der Waals surface area contributed by atoms with Gasteiger partial charge in [-0.05, 0) is 25.0 Å². The molecule has 1 fully saturated rings. The molecule has 0 spiro atoms. The van der Waals surface area contributed by atoms with E-state index in [1.54, 1.807) is 23.5 Å². The number of carbonyl (C=O) groups excluding carboxylic acids is 1. The van der Waals surface area contributed by atoms with Gasteiger partial charge in [0.1, 0.15) is 11.7 Å². The molecule has 1 aliphatic rings. The molecule has 0 N–H and O–H groups in total. The van der Waals surface area contributed by atoms with E-state index >= 15 is 0 Å². The number of hydrogen-bond acceptors (Lipinski definition) is 7. The fraction of sp³-hybridized carbons (Fsp3) is 0.235. The highest BCUT2D eigenvalue weighted by atomic mass is 32.1. The summed E-state index contributed by atoms with van der Waals surface area (Å²) in [6, 6.07) is 3.43. The minimum Gasteiger partial charge on any atom is -0.337 e. The molecular formula is C17H14N6O2S. The molecule has 0 saturated carbocycles. The second kappa shape index (κ2) is 6.03. The Morgan fingerprint density at radius 3 is 3.00 bits per heavy atom. The topological polar surface area (TPSA) is 89.4 Å². The van der Waals surface area contributed by atoms with Gasteiger partial charge in [-0.25, -0.2) is 4.98 Å². The molecule has 9 heteroatoms. The SMILES string of the molecule is O=C(c1cn2ccsc2n1)N1CCC[C@H]1c1nc(-c2ccncc2)no1. The molecule has 130 valence electrons. The largest absolute Gasteiger partial charge is 0.337 e. The van der Waals surface area contributed by atoms with Crippen molar-refractivity contribution in [2.45, 2.75) is 18.9 Å². The highest BCUT2D eigenvalue weighted by Crippen LogP contribution is 2.33. The Hall–Kier alpha value is -3.07. The van der Waals surface area contributed by atoms with Crippen LogP contribution in [0.4, 0.5) is 0 Å². The second-order valence-corrected chi connectivity index (χ2v) is 6.94. The second-order valence-electron chi connectivity index (χ2n) is 6.07. The van der Waals surface area contributed by atoms with Gasteiger partial charge in [-0.15, -0.1) is 11.3 Å². The lowest BCUT2D eigenvalue weighted by Gasteiger charge is -2.20. The molecule has 0 aromatic carbocycles. The molecule has 4 aromatic rings. The lowest BCUT2D eigenvalue weighted by atomic mass is 10.2. The number of amides is 1. The molecule has 8 nitrogen and oxygen atoms in total. The van der Waals surface area contributed by atoms with Gasteiger partial charge < -0.3 is 9.42 Å². The minimum absolute atomic E-state index is 0.105. The van der Waals surface area contributed by atoms with Crippen LogP contribution in [-0.4, -0.2) is 41.9 Å². The van der Waals surface area contributed by atoms with Crippen molar-refractivity contribution in [1.82, 2.24) is 29.4 Å². The van der Waals surface area contributed by atoms with Gasteiger partial charge in [-0.3, -0.25) is 14.2 Å². The number of carbonyl (C=O) groups is 1. The third-order valence-corrected chi connectivity index (χ3v) is 5.26. The molecule has 0 bridgehead atoms. The number of nitrogens with zero attached hydrogens (tertiary/aromatic N) is 6. The van der Waals surface area contributed by atoms with E-state index in [1.165, 1.54) is 11.3 Å². The van der Waals surface area contributed by atoms with Crippen molar-refractivity contribution in [3.63, 3.8) is 0 Å². The van der Waals surface area contributed by atoms with Gasteiger partial charge >= 0.3 is 0 Å². The first-order valence-electron chi connectivity index (χ1n) is 8.27. The lowest BCUT2D eigenvalue weighted by molar-refractivity contribution is 0.0705. The van der Waals surface area contributed by atoms with Crippen molar-refractivity contribution in [3.05, 3.63) is 53.9 Å². The van der Waals surface area contributed by atoms with E-state index in [0.717, 1.165) is 23.4 Å². The molecule has 1 atom stereocenters. The van der Waals surface area contributed by atoms with Crippen LogP contribution in [0.2, 0.25) is 0 Å². The third kappa shape index (κ3) is 2.48. The van der Waals surface area contributed by atoms with Crippen molar-refractivity contribution < 1.29 is 9.32 Å². The van der Waals surface area contributed by atoms with Gasteiger partial charge in [0.2, 0.25) is 11.7 Å². The first-order valence-corrected chi connectivity index (χ1v) is 9.15. The Kier molecular flexibility index (Phi) is 3.52. The van der Waals surface area contributed by atoms with Crippen LogP contribution in [0.1, 0.15) is 35.3 Å². The summed E-state index contributed by atoms with van der Waals surface area (Å²) in [7, 11) is 0. The van der Waals surface area contributed by atoms with Crippen LogP contribution < -0.4 is 0 Å². The van der Waals surface area contributed by atoms with Crippen LogP contribution in [0.15, 0.2) is 46.8 Å². The molecular weight excluding hydrogens is 352 g/mol. The first-order chi connectivity index (χ1) is 12.8. The van der Waals surface area contributed by atoms with E-state index in [1.807, 2.05) is 28.1 Å². The van der Waals surface area contributed by atoms with E-state index < -0.39 is 0 Å². The van der Waals surface area contributed by atoms with Gasteiger partial charge in [0.25, 0.3) is 5.91 Å². The highest BCUT2D eigenvalue weighted by Gasteiger charge is 2.35. The molecule has 0 radical (unpaired) electrons. The number of rotatable bonds is 3. The zero-order valence-corrected chi connectivity index (χ0v) is 14.5. The van der Waals surface area contributed by atoms with Crippen molar-refractivity contribution in [1.29, 1.82) is 0 Å². The average Bonchev–Trinajstić information content (AvgIpc) is 3.44. The number of thiazole rings is 1. The van der Waals surface area contributed by atoms with Crippen LogP contribution in [0, 0.1) is 0 Å². The summed E-state index contributed by atoms with van der Waals surface area (Å²) < 4.78 is 7.32. The van der Waals surface area contributed by atoms with Crippen molar-refractivity contribution >= 4 is 22.2 Å². The predicted octanol–water partition coefficient (Wildman–Crippen LogP) is 2.82. The molecule has 1 amide bonds. The monoisotopic (exact) mass is 366 g/mol. The third-order valence-electron chi connectivity index (χ3n) is 4.49. The quantitative estimate of drug-likeness (QED) is 0.554. The normalized spacial score (nSPS) is 17.2. The minimum atomic E-state index is -0.217. The summed E-state index contributed by atoms with van der Waals surface area (Å²) in [6.45, 7) is 0.654. The van der Waals surface area contributed by atoms with E-state index in [9.17, 15) is 4.79 Å². The molecule has 4 aromatic heterocycles. The van der Waals surface area contributed by atoms with Crippen LogP contribution in [0.25, 0.3) is 16.3 Å². The maximum Gasteiger partial charge on any atom is 0.274 e. The summed E-state index contributed by atoms with van der Waals surface area (Å²) in [6.07, 6.45) is 8.71. The van der Waals surface area contributed by atoms with Gasteiger partial charge in [0, 0.05) is 42.3 Å². The molecule has 1 aliphatic heterocycles. The average molecular weight is 366 g/mol. The Labute approximate surface area is 152 Å². The fourth-order valence-corrected chi connectivity index (χ4v) is 3.93. The predicted molar refractivity (Wildman–Crippen MR) is 93.6 cm³/mol. The molecule has 0 unspecified atom stereocenters. The van der Waals surface area contributed by atoms with Gasteiger partial charge in [0.05, 0.1) is 0 Å². The summed E-state index contributed by atoms with van der Waals surface area (Å²) in [5.74, 6) is 0.861. The fourth-order valence-electron chi connectivity index (χ4n) is 3.23. The molecule has 5 rings (SSSR count). The van der Waals surface area contributed by atoms with E-state index in [4.69, 9.17) is 4.52 Å². The smallest absolute Gasteiger partial charge is 0.274 e. The van der Waals surface area contributed by atoms with Crippen LogP contribution >= 0.6 is 11.3 Å². The van der Waals surface area contributed by atoms with Gasteiger partial charge in [0.15, 0.2) is 4.96 Å². The Morgan fingerprint density at radius 2 is 2.15 bits per heavy atom. The summed E-state index contributed by atoms with van der Waals surface area (Å²) >= 11 is 1.50. The summed E-state index contributed by atoms with van der Waals surface area (Å²) in [5.41, 5.74) is 1.28. The number of imidazole rings is 1. The number of likely N-dealkylation sites (tertiary alicyclic amines) is 1. The molecule has 1 saturated heterocycles. The standard InChI is InChI=1S/C17H14N6O2S/c24-16(12-10-22-8-9-26-17(22)19-12)23-7-1-2-13(23)15-20-14(21-25-15)11-3-5-18-6-4-11/h3-6,8-10,13H,1-2,7H2/t13-/m0/s1. The zero-order chi connectivity index (χ0) is 17.5. The molecule has 26 heavy (non-hydrogen) atoms. The highest BCUT2D eigenvalue weighted by molar-refractivity contribution is 7.15. The Morgan fingerprint density at radius 1 is 1.27 bits per heavy atom. The van der Waals surface area contributed by atoms with Gasteiger partial charge in [-0.2, -0.15) is 4.98 Å². The zero-order valence-electron chi connectivity index (χ0n) is 13.6. The van der Waals surface area contributed by atoms with Crippen LogP contribution in [-0.2, 0) is 0 Å². The van der Waals surface area contributed by atoms with Crippen molar-refractivity contribution in [2.24, 2.45) is 0 Å². The Balaban J connectivity index is 1.43. The number of pyridine rings is 1. The molecule has 5 heterocycles. The van der Waals surface area contributed by atoms with E-state index in [-0.39, 0.29) is 11.9 Å². The first kappa shape index (κ1) is 15.2. The number of hydrogen-bond donors (Lipinski definition) is 0. The van der Waals surface area contributed by atoms with E-state index in [0.29, 0.717) is 24.0 Å². The number of fused-ring (bicyclic) bond motifs is 1. The van der Waals surface area contributed by atoms with Gasteiger partial charge in [-0.1, -0.05) is 5.16 Å². The van der Waals surface area contributed by atoms with Crippen LogP contribution in [0.5, 0.6) is 0 Å². The maximum atomic E-state index is 12.9. The Bertz CT molecular complexity index is 1040. The van der Waals surface area contributed by atoms with Crippen molar-refractivity contribution in [3.8, 4) is 11.4 Å². The van der Waals surface area contributed by atoms with Crippen molar-refractivity contribution in [2.75, 3.05) is 6.54 Å². The summed E-state index contributed by atoms with van der Waals surface area (Å²) in [5, 5.41) is 5.99. The lowest BCUT2D eigenvalue weighted by Crippen LogP contribution is -2.31. The molecule has 0 aliphatic carbocycles. The summed E-state index contributed by atoms with van der Waals surface area (Å²) in [4.78, 5) is 28.4. The number of aromatic nitrogens is 5. The maximum absolute atomic E-state index is 12.9.